The molecule has 2 unspecified atom stereocenters. The van der Waals surface area contributed by atoms with Gasteiger partial charge >= 0.3 is 12.0 Å². The van der Waals surface area contributed by atoms with Gasteiger partial charge in [-0.3, -0.25) is 4.79 Å². The van der Waals surface area contributed by atoms with Crippen molar-refractivity contribution in [1.29, 1.82) is 0 Å². The Bertz CT molecular complexity index is 374. The van der Waals surface area contributed by atoms with Crippen LogP contribution in [0.25, 0.3) is 0 Å². The van der Waals surface area contributed by atoms with Crippen LogP contribution in [0.1, 0.15) is 38.5 Å². The van der Waals surface area contributed by atoms with Crippen LogP contribution in [-0.2, 0) is 4.79 Å². The van der Waals surface area contributed by atoms with Crippen molar-refractivity contribution in [2.75, 3.05) is 20.1 Å². The number of rotatable bonds is 2. The minimum atomic E-state index is -0.831. The SMILES string of the molecule is CN(C(=O)N1CCC[C@H](C(=O)O)C1)C1CCCCC1O. The molecule has 2 aliphatic rings. The van der Waals surface area contributed by atoms with E-state index < -0.39 is 18.0 Å². The van der Waals surface area contributed by atoms with Gasteiger partial charge in [0.25, 0.3) is 0 Å². The quantitative estimate of drug-likeness (QED) is 0.796. The monoisotopic (exact) mass is 284 g/mol. The summed E-state index contributed by atoms with van der Waals surface area (Å²) >= 11 is 0. The number of carbonyl (C=O) groups is 2. The number of hydrogen-bond acceptors (Lipinski definition) is 3. The van der Waals surface area contributed by atoms with Gasteiger partial charge in [-0.2, -0.15) is 0 Å². The van der Waals surface area contributed by atoms with Crippen LogP contribution in [0.3, 0.4) is 0 Å². The number of urea groups is 1. The summed E-state index contributed by atoms with van der Waals surface area (Å²) in [5.41, 5.74) is 0. The molecule has 1 aliphatic heterocycles. The molecule has 6 heteroatoms. The average Bonchev–Trinajstić information content (AvgIpc) is 2.46. The number of amides is 2. The first kappa shape index (κ1) is 15.1. The highest BCUT2D eigenvalue weighted by atomic mass is 16.4. The lowest BCUT2D eigenvalue weighted by Crippen LogP contribution is -2.53. The van der Waals surface area contributed by atoms with Crippen LogP contribution in [0.4, 0.5) is 4.79 Å². The van der Waals surface area contributed by atoms with Crippen LogP contribution < -0.4 is 0 Å². The normalized spacial score (nSPS) is 30.9. The Morgan fingerprint density at radius 2 is 1.85 bits per heavy atom. The summed E-state index contributed by atoms with van der Waals surface area (Å²) in [4.78, 5) is 26.7. The Kier molecular flexibility index (Phi) is 4.86. The van der Waals surface area contributed by atoms with E-state index in [9.17, 15) is 14.7 Å². The number of aliphatic hydroxyl groups is 1. The molecule has 2 fully saturated rings. The van der Waals surface area contributed by atoms with E-state index in [2.05, 4.69) is 0 Å². The third kappa shape index (κ3) is 3.23. The molecule has 1 aliphatic carbocycles. The molecule has 0 aromatic carbocycles. The van der Waals surface area contributed by atoms with Crippen LogP contribution in [0, 0.1) is 5.92 Å². The number of aliphatic carboxylic acids is 1. The highest BCUT2D eigenvalue weighted by Gasteiger charge is 2.34. The summed E-state index contributed by atoms with van der Waals surface area (Å²) in [5, 5.41) is 19.1. The Morgan fingerprint density at radius 3 is 2.50 bits per heavy atom. The maximum absolute atomic E-state index is 12.5. The molecule has 0 aromatic rings. The first-order valence-corrected chi connectivity index (χ1v) is 7.43. The molecule has 6 nitrogen and oxygen atoms in total. The number of aliphatic hydroxyl groups excluding tert-OH is 1. The number of likely N-dealkylation sites (tertiary alicyclic amines) is 1. The smallest absolute Gasteiger partial charge is 0.320 e. The molecule has 20 heavy (non-hydrogen) atoms. The molecule has 3 atom stereocenters. The van der Waals surface area contributed by atoms with Crippen molar-refractivity contribution in [3.63, 3.8) is 0 Å². The van der Waals surface area contributed by atoms with Crippen LogP contribution in [0.15, 0.2) is 0 Å². The second-order valence-electron chi connectivity index (χ2n) is 5.94. The number of likely N-dealkylation sites (N-methyl/N-ethyl adjacent to an activating group) is 1. The van der Waals surface area contributed by atoms with Crippen molar-refractivity contribution in [3.8, 4) is 0 Å². The summed E-state index contributed by atoms with van der Waals surface area (Å²) in [6.07, 6.45) is 4.48. The third-order valence-electron chi connectivity index (χ3n) is 4.53. The van der Waals surface area contributed by atoms with Crippen LogP contribution >= 0.6 is 0 Å². The molecule has 114 valence electrons. The maximum Gasteiger partial charge on any atom is 0.320 e. The van der Waals surface area contributed by atoms with Crippen LogP contribution in [-0.4, -0.2) is 64.3 Å². The Labute approximate surface area is 119 Å². The zero-order valence-corrected chi connectivity index (χ0v) is 12.0. The van der Waals surface area contributed by atoms with Gasteiger partial charge in [0.05, 0.1) is 18.1 Å². The fraction of sp³-hybridized carbons (Fsp3) is 0.857. The van der Waals surface area contributed by atoms with Gasteiger partial charge in [0.2, 0.25) is 0 Å². The summed E-state index contributed by atoms with van der Waals surface area (Å²) in [7, 11) is 1.71. The topological polar surface area (TPSA) is 81.1 Å². The van der Waals surface area contributed by atoms with E-state index >= 15 is 0 Å². The van der Waals surface area contributed by atoms with E-state index in [0.717, 1.165) is 32.1 Å². The van der Waals surface area contributed by atoms with Crippen LogP contribution in [0.2, 0.25) is 0 Å². The highest BCUT2D eigenvalue weighted by molar-refractivity contribution is 5.76. The third-order valence-corrected chi connectivity index (χ3v) is 4.53. The molecule has 2 N–H and O–H groups in total. The van der Waals surface area contributed by atoms with Gasteiger partial charge < -0.3 is 20.0 Å². The van der Waals surface area contributed by atoms with Crippen molar-refractivity contribution >= 4 is 12.0 Å². The van der Waals surface area contributed by atoms with Gasteiger partial charge in [0, 0.05) is 20.1 Å². The Morgan fingerprint density at radius 1 is 1.15 bits per heavy atom. The summed E-state index contributed by atoms with van der Waals surface area (Å²) < 4.78 is 0. The molecule has 2 rings (SSSR count). The van der Waals surface area contributed by atoms with Gasteiger partial charge in [-0.25, -0.2) is 4.79 Å². The number of carboxylic acid groups (broad SMARTS) is 1. The van der Waals surface area contributed by atoms with Crippen molar-refractivity contribution in [3.05, 3.63) is 0 Å². The molecule has 1 saturated heterocycles. The van der Waals surface area contributed by atoms with E-state index in [-0.39, 0.29) is 18.6 Å². The van der Waals surface area contributed by atoms with Gasteiger partial charge in [0.15, 0.2) is 0 Å². The summed E-state index contributed by atoms with van der Waals surface area (Å²) in [6, 6.07) is -0.289. The molecule has 0 bridgehead atoms. The van der Waals surface area contributed by atoms with Gasteiger partial charge in [0.1, 0.15) is 0 Å². The minimum Gasteiger partial charge on any atom is -0.481 e. The lowest BCUT2D eigenvalue weighted by Gasteiger charge is -2.40. The Balaban J connectivity index is 1.97. The lowest BCUT2D eigenvalue weighted by molar-refractivity contribution is -0.143. The van der Waals surface area contributed by atoms with E-state index in [1.54, 1.807) is 16.8 Å². The zero-order valence-electron chi connectivity index (χ0n) is 12.0. The predicted octanol–water partition coefficient (Wildman–Crippen LogP) is 1.14. The molecule has 2 amide bonds. The van der Waals surface area contributed by atoms with Gasteiger partial charge in [-0.05, 0) is 25.7 Å². The number of hydrogen-bond donors (Lipinski definition) is 2. The van der Waals surface area contributed by atoms with E-state index in [0.29, 0.717) is 13.0 Å². The van der Waals surface area contributed by atoms with E-state index in [4.69, 9.17) is 5.11 Å². The van der Waals surface area contributed by atoms with E-state index in [1.165, 1.54) is 0 Å². The van der Waals surface area contributed by atoms with Gasteiger partial charge in [-0.1, -0.05) is 12.8 Å². The van der Waals surface area contributed by atoms with Crippen molar-refractivity contribution in [1.82, 2.24) is 9.80 Å². The standard InChI is InChI=1S/C14H24N2O4/c1-15(11-6-2-3-7-12(11)17)14(20)16-8-4-5-10(9-16)13(18)19/h10-12,17H,2-9H2,1H3,(H,18,19)/t10-,11?,12?/m0/s1. The fourth-order valence-corrected chi connectivity index (χ4v) is 3.26. The summed E-state index contributed by atoms with van der Waals surface area (Å²) in [6.45, 7) is 0.886. The van der Waals surface area contributed by atoms with Crippen molar-refractivity contribution < 1.29 is 19.8 Å². The predicted molar refractivity (Wildman–Crippen MR) is 73.4 cm³/mol. The molecule has 0 radical (unpaired) electrons. The second-order valence-corrected chi connectivity index (χ2v) is 5.94. The minimum absolute atomic E-state index is 0.138. The molecular weight excluding hydrogens is 260 g/mol. The number of piperidine rings is 1. The zero-order chi connectivity index (χ0) is 14.7. The first-order valence-electron chi connectivity index (χ1n) is 7.43. The highest BCUT2D eigenvalue weighted by Crippen LogP contribution is 2.24. The van der Waals surface area contributed by atoms with E-state index in [1.807, 2.05) is 0 Å². The molecule has 1 heterocycles. The molecular formula is C14H24N2O4. The van der Waals surface area contributed by atoms with Crippen molar-refractivity contribution in [2.24, 2.45) is 5.92 Å². The molecule has 0 spiro atoms. The molecule has 0 aromatic heterocycles. The van der Waals surface area contributed by atoms with Crippen LogP contribution in [0.5, 0.6) is 0 Å². The van der Waals surface area contributed by atoms with Gasteiger partial charge in [-0.15, -0.1) is 0 Å². The fourth-order valence-electron chi connectivity index (χ4n) is 3.26. The number of nitrogens with zero attached hydrogens (tertiary/aromatic N) is 2. The maximum atomic E-state index is 12.5. The largest absolute Gasteiger partial charge is 0.481 e. The van der Waals surface area contributed by atoms with Crippen molar-refractivity contribution in [2.45, 2.75) is 50.7 Å². The Hall–Kier alpha value is -1.30. The number of carbonyl (C=O) groups excluding carboxylic acids is 1. The summed E-state index contributed by atoms with van der Waals surface area (Å²) in [5.74, 6) is -1.29. The number of carboxylic acids is 1. The lowest BCUT2D eigenvalue weighted by atomic mass is 9.91. The average molecular weight is 284 g/mol. The first-order chi connectivity index (χ1) is 9.50. The second kappa shape index (κ2) is 6.43. The molecule has 1 saturated carbocycles.